The summed E-state index contributed by atoms with van der Waals surface area (Å²) in [5, 5.41) is 21.0. The van der Waals surface area contributed by atoms with E-state index in [1.54, 1.807) is 13.2 Å². The van der Waals surface area contributed by atoms with Crippen LogP contribution in [0.5, 0.6) is 17.2 Å². The Labute approximate surface area is 146 Å². The molecular formula is C17H24N4O4. The Morgan fingerprint density at radius 3 is 2.48 bits per heavy atom. The highest BCUT2D eigenvalue weighted by Gasteiger charge is 2.14. The Balaban J connectivity index is 2.23. The van der Waals surface area contributed by atoms with Crippen molar-refractivity contribution in [1.82, 2.24) is 9.97 Å². The monoisotopic (exact) mass is 348 g/mol. The minimum atomic E-state index is -0.555. The standard InChI is InChI=1S/C17H24N4O4/c1-10(2)13-6-12(24-3)4-5-14(13)25-15-7-19-17(21-16(15)18)20-11(8-22)9-23/h4-7,10-11,22-23H,8-9H2,1-3H3,(H3,18,19,20,21). The van der Waals surface area contributed by atoms with Crippen molar-refractivity contribution in [1.29, 1.82) is 0 Å². The number of methoxy groups -OCH3 is 1. The van der Waals surface area contributed by atoms with Crippen LogP contribution >= 0.6 is 0 Å². The van der Waals surface area contributed by atoms with Gasteiger partial charge in [0.1, 0.15) is 11.5 Å². The van der Waals surface area contributed by atoms with Gasteiger partial charge in [-0.25, -0.2) is 4.98 Å². The van der Waals surface area contributed by atoms with Crippen LogP contribution in [-0.4, -0.2) is 46.5 Å². The lowest BCUT2D eigenvalue weighted by molar-refractivity contribution is 0.203. The molecule has 0 atom stereocenters. The smallest absolute Gasteiger partial charge is 0.225 e. The fraction of sp³-hybridized carbons (Fsp3) is 0.412. The zero-order valence-electron chi connectivity index (χ0n) is 14.6. The number of aliphatic hydroxyl groups excluding tert-OH is 2. The number of nitrogens with one attached hydrogen (secondary N) is 1. The number of benzene rings is 1. The highest BCUT2D eigenvalue weighted by molar-refractivity contribution is 5.52. The van der Waals surface area contributed by atoms with Gasteiger partial charge in [-0.3, -0.25) is 0 Å². The Kier molecular flexibility index (Phi) is 6.37. The zero-order chi connectivity index (χ0) is 18.4. The topological polar surface area (TPSA) is 123 Å². The van der Waals surface area contributed by atoms with Crippen LogP contribution in [0.25, 0.3) is 0 Å². The average molecular weight is 348 g/mol. The average Bonchev–Trinajstić information content (AvgIpc) is 2.61. The van der Waals surface area contributed by atoms with Gasteiger partial charge in [-0.2, -0.15) is 4.98 Å². The molecule has 0 saturated carbocycles. The van der Waals surface area contributed by atoms with Crippen molar-refractivity contribution >= 4 is 11.8 Å². The number of rotatable bonds is 8. The van der Waals surface area contributed by atoms with Gasteiger partial charge in [0, 0.05) is 5.56 Å². The minimum Gasteiger partial charge on any atom is -0.497 e. The Morgan fingerprint density at radius 1 is 1.20 bits per heavy atom. The number of nitrogen functional groups attached to an aromatic ring is 1. The summed E-state index contributed by atoms with van der Waals surface area (Å²) in [5.41, 5.74) is 6.92. The number of hydrogen-bond acceptors (Lipinski definition) is 8. The first kappa shape index (κ1) is 18.8. The molecule has 1 aromatic heterocycles. The van der Waals surface area contributed by atoms with Crippen LogP contribution < -0.4 is 20.5 Å². The molecule has 0 aliphatic carbocycles. The zero-order valence-corrected chi connectivity index (χ0v) is 14.6. The van der Waals surface area contributed by atoms with Crippen molar-refractivity contribution in [3.63, 3.8) is 0 Å². The van der Waals surface area contributed by atoms with Crippen LogP contribution in [0.15, 0.2) is 24.4 Å². The van der Waals surface area contributed by atoms with Crippen molar-refractivity contribution in [3.8, 4) is 17.2 Å². The van der Waals surface area contributed by atoms with E-state index in [1.165, 1.54) is 6.20 Å². The van der Waals surface area contributed by atoms with Crippen molar-refractivity contribution in [2.75, 3.05) is 31.4 Å². The van der Waals surface area contributed by atoms with Gasteiger partial charge >= 0.3 is 0 Å². The first-order valence-corrected chi connectivity index (χ1v) is 7.95. The molecule has 0 bridgehead atoms. The van der Waals surface area contributed by atoms with E-state index in [0.717, 1.165) is 11.3 Å². The minimum absolute atomic E-state index is 0.151. The van der Waals surface area contributed by atoms with Crippen molar-refractivity contribution in [2.45, 2.75) is 25.8 Å². The Bertz CT molecular complexity index is 705. The fourth-order valence-electron chi connectivity index (χ4n) is 2.18. The molecule has 0 fully saturated rings. The number of anilines is 2. The lowest BCUT2D eigenvalue weighted by Crippen LogP contribution is -2.28. The van der Waals surface area contributed by atoms with E-state index in [0.29, 0.717) is 11.5 Å². The van der Waals surface area contributed by atoms with Gasteiger partial charge in [0.05, 0.1) is 32.6 Å². The molecule has 136 valence electrons. The third-order valence-electron chi connectivity index (χ3n) is 3.62. The van der Waals surface area contributed by atoms with Crippen LogP contribution in [0.2, 0.25) is 0 Å². The first-order valence-electron chi connectivity index (χ1n) is 7.95. The maximum atomic E-state index is 9.09. The molecule has 1 heterocycles. The van der Waals surface area contributed by atoms with Crippen LogP contribution in [-0.2, 0) is 0 Å². The molecule has 2 aromatic rings. The lowest BCUT2D eigenvalue weighted by atomic mass is 10.0. The van der Waals surface area contributed by atoms with E-state index in [2.05, 4.69) is 29.1 Å². The van der Waals surface area contributed by atoms with Crippen LogP contribution in [0, 0.1) is 0 Å². The predicted octanol–water partition coefficient (Wildman–Crippen LogP) is 1.75. The second-order valence-corrected chi connectivity index (χ2v) is 5.81. The van der Waals surface area contributed by atoms with E-state index >= 15 is 0 Å². The number of aromatic nitrogens is 2. The van der Waals surface area contributed by atoms with Gasteiger partial charge in [-0.05, 0) is 24.1 Å². The molecule has 0 radical (unpaired) electrons. The maximum absolute atomic E-state index is 9.09. The summed E-state index contributed by atoms with van der Waals surface area (Å²) in [6, 6.07) is 4.98. The SMILES string of the molecule is COc1ccc(Oc2cnc(NC(CO)CO)nc2N)c(C(C)C)c1. The molecule has 1 aromatic carbocycles. The van der Waals surface area contributed by atoms with E-state index in [1.807, 2.05) is 12.1 Å². The highest BCUT2D eigenvalue weighted by atomic mass is 16.5. The normalized spacial score (nSPS) is 11.0. The predicted molar refractivity (Wildman–Crippen MR) is 95.2 cm³/mol. The van der Waals surface area contributed by atoms with Crippen LogP contribution in [0.3, 0.4) is 0 Å². The number of nitrogens with two attached hydrogens (primary N) is 1. The third-order valence-corrected chi connectivity index (χ3v) is 3.62. The Morgan fingerprint density at radius 2 is 1.92 bits per heavy atom. The summed E-state index contributed by atoms with van der Waals surface area (Å²) in [4.78, 5) is 8.20. The molecule has 8 nitrogen and oxygen atoms in total. The van der Waals surface area contributed by atoms with E-state index in [9.17, 15) is 0 Å². The summed E-state index contributed by atoms with van der Waals surface area (Å²) in [5.74, 6) is 2.30. The summed E-state index contributed by atoms with van der Waals surface area (Å²) >= 11 is 0. The number of nitrogens with zero attached hydrogens (tertiary/aromatic N) is 2. The second-order valence-electron chi connectivity index (χ2n) is 5.81. The summed E-state index contributed by atoms with van der Waals surface area (Å²) in [6.07, 6.45) is 1.45. The van der Waals surface area contributed by atoms with Gasteiger partial charge in [-0.15, -0.1) is 0 Å². The van der Waals surface area contributed by atoms with Gasteiger partial charge in [0.2, 0.25) is 5.95 Å². The van der Waals surface area contributed by atoms with E-state index in [4.69, 9.17) is 25.4 Å². The van der Waals surface area contributed by atoms with Gasteiger partial charge in [0.15, 0.2) is 11.6 Å². The number of ether oxygens (including phenoxy) is 2. The molecule has 0 saturated heterocycles. The molecule has 0 spiro atoms. The summed E-state index contributed by atoms with van der Waals surface area (Å²) in [6.45, 7) is 3.61. The Hall–Kier alpha value is -2.58. The van der Waals surface area contributed by atoms with Crippen LogP contribution in [0.4, 0.5) is 11.8 Å². The molecule has 0 unspecified atom stereocenters. The maximum Gasteiger partial charge on any atom is 0.225 e. The molecule has 0 aliphatic heterocycles. The van der Waals surface area contributed by atoms with E-state index < -0.39 is 6.04 Å². The van der Waals surface area contributed by atoms with Crippen LogP contribution in [0.1, 0.15) is 25.3 Å². The molecule has 5 N–H and O–H groups in total. The van der Waals surface area contributed by atoms with Crippen molar-refractivity contribution in [2.24, 2.45) is 0 Å². The van der Waals surface area contributed by atoms with E-state index in [-0.39, 0.29) is 30.9 Å². The molecule has 0 aliphatic rings. The molecule has 2 rings (SSSR count). The third kappa shape index (κ3) is 4.71. The van der Waals surface area contributed by atoms with Gasteiger partial charge in [0.25, 0.3) is 0 Å². The van der Waals surface area contributed by atoms with Crippen molar-refractivity contribution < 1.29 is 19.7 Å². The first-order chi connectivity index (χ1) is 12.0. The highest BCUT2D eigenvalue weighted by Crippen LogP contribution is 2.35. The van der Waals surface area contributed by atoms with Gasteiger partial charge < -0.3 is 30.7 Å². The lowest BCUT2D eigenvalue weighted by Gasteiger charge is -2.17. The summed E-state index contributed by atoms with van der Waals surface area (Å²) < 4.78 is 11.1. The number of hydrogen-bond donors (Lipinski definition) is 4. The fourth-order valence-corrected chi connectivity index (χ4v) is 2.18. The van der Waals surface area contributed by atoms with Gasteiger partial charge in [-0.1, -0.05) is 13.8 Å². The molecular weight excluding hydrogens is 324 g/mol. The quantitative estimate of drug-likeness (QED) is 0.569. The largest absolute Gasteiger partial charge is 0.497 e. The summed E-state index contributed by atoms with van der Waals surface area (Å²) in [7, 11) is 1.61. The second kappa shape index (κ2) is 8.50. The van der Waals surface area contributed by atoms with Crippen molar-refractivity contribution in [3.05, 3.63) is 30.0 Å². The number of aliphatic hydroxyl groups is 2. The molecule has 0 amide bonds. The molecule has 25 heavy (non-hydrogen) atoms. The molecule has 8 heteroatoms.